The maximum absolute atomic E-state index is 12.2. The van der Waals surface area contributed by atoms with Crippen LogP contribution < -0.4 is 10.6 Å². The summed E-state index contributed by atoms with van der Waals surface area (Å²) < 4.78 is 5.49. The molecule has 1 aliphatic carbocycles. The Morgan fingerprint density at radius 2 is 2.17 bits per heavy atom. The first-order chi connectivity index (χ1) is 11.3. The second-order valence-corrected chi connectivity index (χ2v) is 7.61. The lowest BCUT2D eigenvalue weighted by Crippen LogP contribution is -2.45. The number of anilines is 1. The van der Waals surface area contributed by atoms with Gasteiger partial charge in [-0.2, -0.15) is 11.8 Å². The normalized spacial score (nSPS) is 22.7. The molecule has 23 heavy (non-hydrogen) atoms. The Morgan fingerprint density at radius 3 is 2.96 bits per heavy atom. The van der Waals surface area contributed by atoms with Crippen molar-refractivity contribution in [2.75, 3.05) is 25.0 Å². The van der Waals surface area contributed by atoms with Gasteiger partial charge in [-0.3, -0.25) is 4.79 Å². The molecule has 1 saturated carbocycles. The van der Waals surface area contributed by atoms with Gasteiger partial charge >= 0.3 is 0 Å². The third-order valence-electron chi connectivity index (χ3n) is 4.45. The van der Waals surface area contributed by atoms with Crippen LogP contribution >= 0.6 is 11.8 Å². The molecule has 3 rings (SSSR count). The Kier molecular flexibility index (Phi) is 6.37. The minimum atomic E-state index is -0.385. The van der Waals surface area contributed by atoms with E-state index in [1.807, 2.05) is 12.1 Å². The SMILES string of the molecule is O=C(Nc1cccc(CSC2CCCCC2)c1)C1CNCCO1. The van der Waals surface area contributed by atoms with Gasteiger partial charge in [0.15, 0.2) is 0 Å². The molecule has 5 heteroatoms. The number of ether oxygens (including phenoxy) is 1. The van der Waals surface area contributed by atoms with Gasteiger partial charge in [-0.15, -0.1) is 0 Å². The molecule has 2 aliphatic rings. The number of amides is 1. The minimum absolute atomic E-state index is 0.0608. The quantitative estimate of drug-likeness (QED) is 0.868. The molecule has 0 radical (unpaired) electrons. The summed E-state index contributed by atoms with van der Waals surface area (Å²) in [4.78, 5) is 12.2. The van der Waals surface area contributed by atoms with E-state index in [0.717, 1.165) is 23.2 Å². The lowest BCUT2D eigenvalue weighted by Gasteiger charge is -2.23. The molecule has 1 heterocycles. The molecule has 1 aliphatic heterocycles. The van der Waals surface area contributed by atoms with Crippen LogP contribution in [0.3, 0.4) is 0 Å². The highest BCUT2D eigenvalue weighted by atomic mass is 32.2. The van der Waals surface area contributed by atoms with Crippen molar-refractivity contribution in [3.8, 4) is 0 Å². The molecular formula is C18H26N2O2S. The molecule has 0 bridgehead atoms. The number of hydrogen-bond donors (Lipinski definition) is 2. The molecular weight excluding hydrogens is 308 g/mol. The van der Waals surface area contributed by atoms with Crippen LogP contribution in [-0.2, 0) is 15.3 Å². The zero-order valence-electron chi connectivity index (χ0n) is 13.6. The highest BCUT2D eigenvalue weighted by molar-refractivity contribution is 7.99. The van der Waals surface area contributed by atoms with Crippen LogP contribution in [0.1, 0.15) is 37.7 Å². The van der Waals surface area contributed by atoms with Gasteiger partial charge in [0.05, 0.1) is 6.61 Å². The molecule has 1 unspecified atom stereocenters. The molecule has 2 N–H and O–H groups in total. The Balaban J connectivity index is 1.51. The number of nitrogens with one attached hydrogen (secondary N) is 2. The number of thioether (sulfide) groups is 1. The van der Waals surface area contributed by atoms with Gasteiger partial charge in [0.1, 0.15) is 6.10 Å². The average molecular weight is 334 g/mol. The van der Waals surface area contributed by atoms with E-state index >= 15 is 0 Å². The van der Waals surface area contributed by atoms with Gasteiger partial charge in [0.25, 0.3) is 5.91 Å². The van der Waals surface area contributed by atoms with E-state index in [-0.39, 0.29) is 12.0 Å². The summed E-state index contributed by atoms with van der Waals surface area (Å²) in [5, 5.41) is 6.97. The largest absolute Gasteiger partial charge is 0.366 e. The van der Waals surface area contributed by atoms with Crippen molar-refractivity contribution < 1.29 is 9.53 Å². The summed E-state index contributed by atoms with van der Waals surface area (Å²) in [6.45, 7) is 2.00. The van der Waals surface area contributed by atoms with Gasteiger partial charge in [-0.25, -0.2) is 0 Å². The number of benzene rings is 1. The van der Waals surface area contributed by atoms with E-state index in [4.69, 9.17) is 4.74 Å². The van der Waals surface area contributed by atoms with E-state index in [1.165, 1.54) is 37.7 Å². The fourth-order valence-corrected chi connectivity index (χ4v) is 4.42. The van der Waals surface area contributed by atoms with Crippen LogP contribution in [-0.4, -0.2) is 37.0 Å². The fourth-order valence-electron chi connectivity index (χ4n) is 3.14. The van der Waals surface area contributed by atoms with Crippen LogP contribution in [0.25, 0.3) is 0 Å². The number of hydrogen-bond acceptors (Lipinski definition) is 4. The minimum Gasteiger partial charge on any atom is -0.366 e. The maximum atomic E-state index is 12.2. The number of rotatable bonds is 5. The fraction of sp³-hybridized carbons (Fsp3) is 0.611. The molecule has 1 saturated heterocycles. The zero-order chi connectivity index (χ0) is 15.9. The third kappa shape index (κ3) is 5.23. The van der Waals surface area contributed by atoms with Crippen molar-refractivity contribution in [2.24, 2.45) is 0 Å². The van der Waals surface area contributed by atoms with Crippen molar-refractivity contribution in [3.05, 3.63) is 29.8 Å². The first-order valence-electron chi connectivity index (χ1n) is 8.65. The van der Waals surface area contributed by atoms with E-state index in [1.54, 1.807) is 0 Å². The van der Waals surface area contributed by atoms with E-state index in [9.17, 15) is 4.79 Å². The second kappa shape index (κ2) is 8.71. The second-order valence-electron chi connectivity index (χ2n) is 6.32. The topological polar surface area (TPSA) is 50.4 Å². The number of carbonyl (C=O) groups is 1. The van der Waals surface area contributed by atoms with Crippen LogP contribution in [0.5, 0.6) is 0 Å². The molecule has 0 aromatic heterocycles. The molecule has 1 aromatic carbocycles. The smallest absolute Gasteiger partial charge is 0.254 e. The van der Waals surface area contributed by atoms with Crippen molar-refractivity contribution in [3.63, 3.8) is 0 Å². The van der Waals surface area contributed by atoms with E-state index in [2.05, 4.69) is 34.5 Å². The molecule has 4 nitrogen and oxygen atoms in total. The Morgan fingerprint density at radius 1 is 1.30 bits per heavy atom. The molecule has 1 atom stereocenters. The summed E-state index contributed by atoms with van der Waals surface area (Å²) in [5.74, 6) is 0.963. The summed E-state index contributed by atoms with van der Waals surface area (Å²) in [6, 6.07) is 8.20. The standard InChI is InChI=1S/C18H26N2O2S/c21-18(17-12-19-9-10-22-17)20-15-6-4-5-14(11-15)13-23-16-7-2-1-3-8-16/h4-6,11,16-17,19H,1-3,7-10,12-13H2,(H,20,21). The van der Waals surface area contributed by atoms with Gasteiger partial charge in [-0.05, 0) is 30.5 Å². The lowest BCUT2D eigenvalue weighted by atomic mass is 10.0. The highest BCUT2D eigenvalue weighted by Crippen LogP contribution is 2.30. The first kappa shape index (κ1) is 16.8. The van der Waals surface area contributed by atoms with Gasteiger partial charge in [-0.1, -0.05) is 31.4 Å². The predicted molar refractivity (Wildman–Crippen MR) is 95.8 cm³/mol. The monoisotopic (exact) mass is 334 g/mol. The predicted octanol–water partition coefficient (Wildman–Crippen LogP) is 3.18. The Labute approximate surface area is 142 Å². The van der Waals surface area contributed by atoms with Gasteiger partial charge in [0, 0.05) is 29.8 Å². The Hall–Kier alpha value is -1.04. The summed E-state index contributed by atoms with van der Waals surface area (Å²) >= 11 is 2.06. The summed E-state index contributed by atoms with van der Waals surface area (Å²) in [7, 11) is 0. The zero-order valence-corrected chi connectivity index (χ0v) is 14.4. The first-order valence-corrected chi connectivity index (χ1v) is 9.70. The average Bonchev–Trinajstić information content (AvgIpc) is 2.62. The van der Waals surface area contributed by atoms with Gasteiger partial charge < -0.3 is 15.4 Å². The van der Waals surface area contributed by atoms with Crippen LogP contribution in [0.2, 0.25) is 0 Å². The van der Waals surface area contributed by atoms with E-state index < -0.39 is 0 Å². The molecule has 1 aromatic rings. The van der Waals surface area contributed by atoms with Crippen LogP contribution in [0, 0.1) is 0 Å². The Bertz CT molecular complexity index is 511. The lowest BCUT2D eigenvalue weighted by molar-refractivity contribution is -0.128. The summed E-state index contributed by atoms with van der Waals surface area (Å²) in [5.41, 5.74) is 2.15. The van der Waals surface area contributed by atoms with Gasteiger partial charge in [0.2, 0.25) is 0 Å². The van der Waals surface area contributed by atoms with Crippen molar-refractivity contribution >= 4 is 23.4 Å². The molecule has 126 valence electrons. The van der Waals surface area contributed by atoms with Crippen LogP contribution in [0.4, 0.5) is 5.69 Å². The van der Waals surface area contributed by atoms with Crippen molar-refractivity contribution in [2.45, 2.75) is 49.2 Å². The maximum Gasteiger partial charge on any atom is 0.254 e. The molecule has 0 spiro atoms. The summed E-state index contributed by atoms with van der Waals surface area (Å²) in [6.07, 6.45) is 6.48. The van der Waals surface area contributed by atoms with Crippen molar-refractivity contribution in [1.29, 1.82) is 0 Å². The van der Waals surface area contributed by atoms with Crippen molar-refractivity contribution in [1.82, 2.24) is 5.32 Å². The number of carbonyl (C=O) groups excluding carboxylic acids is 1. The van der Waals surface area contributed by atoms with Crippen LogP contribution in [0.15, 0.2) is 24.3 Å². The third-order valence-corrected chi connectivity index (χ3v) is 5.90. The molecule has 2 fully saturated rings. The number of morpholine rings is 1. The van der Waals surface area contributed by atoms with E-state index in [0.29, 0.717) is 13.2 Å². The molecule has 1 amide bonds. The highest BCUT2D eigenvalue weighted by Gasteiger charge is 2.21.